The quantitative estimate of drug-likeness (QED) is 0.807. The molecule has 1 rings (SSSR count). The molecule has 5 heteroatoms. The van der Waals surface area contributed by atoms with Crippen LogP contribution in [0.1, 0.15) is 38.8 Å². The van der Waals surface area contributed by atoms with E-state index in [-0.39, 0.29) is 12.1 Å². The second-order valence-electron chi connectivity index (χ2n) is 4.75. The molecule has 0 heterocycles. The Balaban J connectivity index is 2.58. The fourth-order valence-corrected chi connectivity index (χ4v) is 1.63. The SMILES string of the molecule is CC[C@@H](C)NC(=O)C(=O)N[C@@H](C)c1ccc(OC)cc1. The van der Waals surface area contributed by atoms with Gasteiger partial charge in [0, 0.05) is 6.04 Å². The van der Waals surface area contributed by atoms with E-state index >= 15 is 0 Å². The van der Waals surface area contributed by atoms with Gasteiger partial charge in [-0.1, -0.05) is 19.1 Å². The normalized spacial score (nSPS) is 13.2. The molecule has 0 fully saturated rings. The molecule has 20 heavy (non-hydrogen) atoms. The van der Waals surface area contributed by atoms with Crippen LogP contribution in [-0.4, -0.2) is 25.0 Å². The smallest absolute Gasteiger partial charge is 0.309 e. The average Bonchev–Trinajstić information content (AvgIpc) is 2.46. The van der Waals surface area contributed by atoms with Gasteiger partial charge in [0.2, 0.25) is 0 Å². The summed E-state index contributed by atoms with van der Waals surface area (Å²) >= 11 is 0. The highest BCUT2D eigenvalue weighted by atomic mass is 16.5. The van der Waals surface area contributed by atoms with Crippen molar-refractivity contribution in [3.05, 3.63) is 29.8 Å². The maximum atomic E-state index is 11.8. The first-order chi connectivity index (χ1) is 9.47. The number of carbonyl (C=O) groups is 2. The van der Waals surface area contributed by atoms with Crippen LogP contribution in [0, 0.1) is 0 Å². The molecule has 2 amide bonds. The van der Waals surface area contributed by atoms with E-state index in [4.69, 9.17) is 4.74 Å². The highest BCUT2D eigenvalue weighted by Crippen LogP contribution is 2.17. The fraction of sp³-hybridized carbons (Fsp3) is 0.467. The summed E-state index contributed by atoms with van der Waals surface area (Å²) in [5.41, 5.74) is 0.912. The Kier molecular flexibility index (Phi) is 6.03. The third-order valence-electron chi connectivity index (χ3n) is 3.16. The lowest BCUT2D eigenvalue weighted by Gasteiger charge is -2.16. The molecule has 0 bridgehead atoms. The van der Waals surface area contributed by atoms with Gasteiger partial charge >= 0.3 is 11.8 Å². The number of methoxy groups -OCH3 is 1. The van der Waals surface area contributed by atoms with Crippen molar-refractivity contribution in [2.45, 2.75) is 39.3 Å². The largest absolute Gasteiger partial charge is 0.497 e. The zero-order valence-electron chi connectivity index (χ0n) is 12.4. The molecule has 0 aliphatic rings. The van der Waals surface area contributed by atoms with Gasteiger partial charge in [-0.3, -0.25) is 9.59 Å². The second-order valence-corrected chi connectivity index (χ2v) is 4.75. The Morgan fingerprint density at radius 1 is 1.10 bits per heavy atom. The Hall–Kier alpha value is -2.04. The van der Waals surface area contributed by atoms with E-state index in [0.717, 1.165) is 17.7 Å². The molecule has 0 unspecified atom stereocenters. The highest BCUT2D eigenvalue weighted by Gasteiger charge is 2.18. The fourth-order valence-electron chi connectivity index (χ4n) is 1.63. The third kappa shape index (κ3) is 4.57. The number of hydrogen-bond acceptors (Lipinski definition) is 3. The predicted molar refractivity (Wildman–Crippen MR) is 77.4 cm³/mol. The van der Waals surface area contributed by atoms with Crippen LogP contribution in [0.4, 0.5) is 0 Å². The van der Waals surface area contributed by atoms with Crippen molar-refractivity contribution in [3.8, 4) is 5.75 Å². The van der Waals surface area contributed by atoms with E-state index in [2.05, 4.69) is 10.6 Å². The molecule has 0 aliphatic heterocycles. The third-order valence-corrected chi connectivity index (χ3v) is 3.16. The van der Waals surface area contributed by atoms with E-state index in [9.17, 15) is 9.59 Å². The van der Waals surface area contributed by atoms with Crippen molar-refractivity contribution in [2.24, 2.45) is 0 Å². The molecule has 0 aliphatic carbocycles. The number of benzene rings is 1. The van der Waals surface area contributed by atoms with Crippen molar-refractivity contribution in [1.82, 2.24) is 10.6 Å². The van der Waals surface area contributed by atoms with E-state index in [0.29, 0.717) is 0 Å². The Labute approximate surface area is 119 Å². The number of hydrogen-bond donors (Lipinski definition) is 2. The first-order valence-corrected chi connectivity index (χ1v) is 6.73. The van der Waals surface area contributed by atoms with Crippen LogP contribution >= 0.6 is 0 Å². The maximum absolute atomic E-state index is 11.8. The van der Waals surface area contributed by atoms with E-state index < -0.39 is 11.8 Å². The molecule has 2 atom stereocenters. The van der Waals surface area contributed by atoms with E-state index in [1.807, 2.05) is 45.0 Å². The minimum absolute atomic E-state index is 0.00968. The molecule has 1 aromatic rings. The molecule has 0 radical (unpaired) electrons. The van der Waals surface area contributed by atoms with Crippen molar-refractivity contribution in [3.63, 3.8) is 0 Å². The zero-order valence-corrected chi connectivity index (χ0v) is 12.4. The van der Waals surface area contributed by atoms with Gasteiger partial charge in [0.15, 0.2) is 0 Å². The van der Waals surface area contributed by atoms with Crippen LogP contribution in [0.25, 0.3) is 0 Å². The van der Waals surface area contributed by atoms with E-state index in [1.54, 1.807) is 7.11 Å². The lowest BCUT2D eigenvalue weighted by Crippen LogP contribution is -2.44. The number of amides is 2. The summed E-state index contributed by atoms with van der Waals surface area (Å²) in [6.45, 7) is 5.64. The van der Waals surface area contributed by atoms with Crippen LogP contribution in [0.15, 0.2) is 24.3 Å². The minimum Gasteiger partial charge on any atom is -0.497 e. The summed E-state index contributed by atoms with van der Waals surface area (Å²) in [4.78, 5) is 23.4. The summed E-state index contributed by atoms with van der Waals surface area (Å²) in [5, 5.41) is 5.30. The average molecular weight is 278 g/mol. The molecule has 2 N–H and O–H groups in total. The van der Waals surface area contributed by atoms with Crippen molar-refractivity contribution in [1.29, 1.82) is 0 Å². The number of nitrogens with one attached hydrogen (secondary N) is 2. The Morgan fingerprint density at radius 2 is 1.65 bits per heavy atom. The minimum atomic E-state index is -0.617. The number of ether oxygens (including phenoxy) is 1. The molecular weight excluding hydrogens is 256 g/mol. The van der Waals surface area contributed by atoms with Crippen LogP contribution in [0.2, 0.25) is 0 Å². The van der Waals surface area contributed by atoms with Gasteiger partial charge in [-0.2, -0.15) is 0 Å². The monoisotopic (exact) mass is 278 g/mol. The van der Waals surface area contributed by atoms with Gasteiger partial charge in [0.05, 0.1) is 13.2 Å². The predicted octanol–water partition coefficient (Wildman–Crippen LogP) is 1.79. The van der Waals surface area contributed by atoms with Crippen molar-refractivity contribution >= 4 is 11.8 Å². The molecule has 0 spiro atoms. The summed E-state index contributed by atoms with van der Waals surface area (Å²) in [6, 6.07) is 7.10. The van der Waals surface area contributed by atoms with Crippen molar-refractivity contribution in [2.75, 3.05) is 7.11 Å². The molecule has 5 nitrogen and oxygen atoms in total. The highest BCUT2D eigenvalue weighted by molar-refractivity contribution is 6.35. The van der Waals surface area contributed by atoms with Crippen LogP contribution in [-0.2, 0) is 9.59 Å². The van der Waals surface area contributed by atoms with Gasteiger partial charge in [-0.25, -0.2) is 0 Å². The van der Waals surface area contributed by atoms with Gasteiger partial charge in [0.25, 0.3) is 0 Å². The first kappa shape index (κ1) is 16.0. The molecule has 0 saturated carbocycles. The van der Waals surface area contributed by atoms with Crippen LogP contribution < -0.4 is 15.4 Å². The lowest BCUT2D eigenvalue weighted by molar-refractivity contribution is -0.140. The van der Waals surface area contributed by atoms with Gasteiger partial charge < -0.3 is 15.4 Å². The van der Waals surface area contributed by atoms with Crippen LogP contribution in [0.3, 0.4) is 0 Å². The molecule has 1 aromatic carbocycles. The zero-order chi connectivity index (χ0) is 15.1. The second kappa shape index (κ2) is 7.53. The summed E-state index contributed by atoms with van der Waals surface area (Å²) in [5.74, 6) is -0.463. The van der Waals surface area contributed by atoms with Crippen LogP contribution in [0.5, 0.6) is 5.75 Å². The first-order valence-electron chi connectivity index (χ1n) is 6.73. The van der Waals surface area contributed by atoms with Gasteiger partial charge in [0.1, 0.15) is 5.75 Å². The lowest BCUT2D eigenvalue weighted by atomic mass is 10.1. The molecule has 0 aromatic heterocycles. The summed E-state index contributed by atoms with van der Waals surface area (Å²) < 4.78 is 5.07. The number of rotatable bonds is 5. The van der Waals surface area contributed by atoms with Gasteiger partial charge in [-0.05, 0) is 38.0 Å². The van der Waals surface area contributed by atoms with Crippen molar-refractivity contribution < 1.29 is 14.3 Å². The maximum Gasteiger partial charge on any atom is 0.309 e. The summed E-state index contributed by atoms with van der Waals surface area (Å²) in [7, 11) is 1.60. The Morgan fingerprint density at radius 3 is 2.15 bits per heavy atom. The molecular formula is C15H22N2O3. The van der Waals surface area contributed by atoms with E-state index in [1.165, 1.54) is 0 Å². The Bertz CT molecular complexity index is 457. The summed E-state index contributed by atoms with van der Waals surface area (Å²) in [6.07, 6.45) is 0.785. The van der Waals surface area contributed by atoms with Gasteiger partial charge in [-0.15, -0.1) is 0 Å². The standard InChI is InChI=1S/C15H22N2O3/c1-5-10(2)16-14(18)15(19)17-11(3)12-6-8-13(20-4)9-7-12/h6-11H,5H2,1-4H3,(H,16,18)(H,17,19)/t10-,11+/m1/s1. The molecule has 0 saturated heterocycles. The number of carbonyl (C=O) groups excluding carboxylic acids is 2. The topological polar surface area (TPSA) is 67.4 Å². The molecule has 110 valence electrons.